The summed E-state index contributed by atoms with van der Waals surface area (Å²) in [5.41, 5.74) is -0.0433. The molecule has 1 aliphatic rings. The molecular formula is C18H27ClF2N2O. The van der Waals surface area contributed by atoms with Gasteiger partial charge in [-0.15, -0.1) is 12.4 Å². The van der Waals surface area contributed by atoms with Gasteiger partial charge in [-0.05, 0) is 43.3 Å². The Morgan fingerprint density at radius 1 is 1.38 bits per heavy atom. The fourth-order valence-electron chi connectivity index (χ4n) is 3.03. The number of benzene rings is 1. The molecule has 1 aromatic rings. The van der Waals surface area contributed by atoms with Crippen molar-refractivity contribution in [1.29, 1.82) is 0 Å². The molecule has 136 valence electrons. The molecule has 24 heavy (non-hydrogen) atoms. The second-order valence-corrected chi connectivity index (χ2v) is 7.43. The molecule has 1 amide bonds. The molecule has 2 atom stereocenters. The molecule has 0 saturated carbocycles. The maximum atomic E-state index is 14.1. The Morgan fingerprint density at radius 3 is 2.62 bits per heavy atom. The summed E-state index contributed by atoms with van der Waals surface area (Å²) in [6.45, 7) is 7.77. The van der Waals surface area contributed by atoms with Crippen LogP contribution >= 0.6 is 12.4 Å². The zero-order chi connectivity index (χ0) is 17.0. The lowest BCUT2D eigenvalue weighted by Gasteiger charge is -2.32. The first-order valence-corrected chi connectivity index (χ1v) is 8.22. The molecule has 0 spiro atoms. The van der Waals surface area contributed by atoms with Gasteiger partial charge in [0.2, 0.25) is 5.91 Å². The molecule has 0 aromatic heterocycles. The van der Waals surface area contributed by atoms with Crippen molar-refractivity contribution in [1.82, 2.24) is 10.6 Å². The Hall–Kier alpha value is -1.20. The van der Waals surface area contributed by atoms with Gasteiger partial charge in [-0.25, -0.2) is 8.78 Å². The van der Waals surface area contributed by atoms with Crippen molar-refractivity contribution in [2.75, 3.05) is 13.1 Å². The summed E-state index contributed by atoms with van der Waals surface area (Å²) >= 11 is 0. The molecule has 1 heterocycles. The van der Waals surface area contributed by atoms with Crippen molar-refractivity contribution in [3.05, 3.63) is 35.4 Å². The summed E-state index contributed by atoms with van der Waals surface area (Å²) in [5, 5.41) is 6.22. The lowest BCUT2D eigenvalue weighted by atomic mass is 9.82. The van der Waals surface area contributed by atoms with Crippen molar-refractivity contribution in [3.8, 4) is 0 Å². The van der Waals surface area contributed by atoms with E-state index in [9.17, 15) is 13.6 Å². The van der Waals surface area contributed by atoms with E-state index in [0.29, 0.717) is 17.9 Å². The predicted molar refractivity (Wildman–Crippen MR) is 94.2 cm³/mol. The fraction of sp³-hybridized carbons (Fsp3) is 0.611. The van der Waals surface area contributed by atoms with Crippen molar-refractivity contribution >= 4 is 18.3 Å². The Bertz CT molecular complexity index is 554. The van der Waals surface area contributed by atoms with E-state index in [1.54, 1.807) is 0 Å². The molecule has 1 saturated heterocycles. The Labute approximate surface area is 149 Å². The molecular weight excluding hydrogens is 334 g/mol. The number of carbonyl (C=O) groups excluding carboxylic acids is 1. The van der Waals surface area contributed by atoms with Gasteiger partial charge in [0, 0.05) is 18.1 Å². The molecule has 2 unspecified atom stereocenters. The molecule has 1 aromatic carbocycles. The molecule has 2 N–H and O–H groups in total. The largest absolute Gasteiger partial charge is 0.349 e. The first kappa shape index (κ1) is 20.8. The smallest absolute Gasteiger partial charge is 0.220 e. The number of amides is 1. The van der Waals surface area contributed by atoms with Crippen LogP contribution in [-0.2, 0) is 4.79 Å². The van der Waals surface area contributed by atoms with Crippen LogP contribution in [0.5, 0.6) is 0 Å². The number of rotatable bonds is 5. The lowest BCUT2D eigenvalue weighted by molar-refractivity contribution is -0.122. The summed E-state index contributed by atoms with van der Waals surface area (Å²) in [7, 11) is 0. The molecule has 0 radical (unpaired) electrons. The van der Waals surface area contributed by atoms with Crippen molar-refractivity contribution in [2.45, 2.75) is 46.1 Å². The summed E-state index contributed by atoms with van der Waals surface area (Å²) in [5.74, 6) is -0.777. The van der Waals surface area contributed by atoms with Crippen molar-refractivity contribution < 1.29 is 13.6 Å². The van der Waals surface area contributed by atoms with Crippen LogP contribution in [0.15, 0.2) is 18.2 Å². The standard InChI is InChI=1S/C18H26F2N2O.ClH/c1-18(2,3)17(14-6-5-13(19)10-15(14)20)22-16(23)7-4-12-8-9-21-11-12;/h5-6,10,12,17,21H,4,7-9,11H2,1-3H3,(H,22,23);1H. The molecule has 3 nitrogen and oxygen atoms in total. The Morgan fingerprint density at radius 2 is 2.08 bits per heavy atom. The number of carbonyl (C=O) groups is 1. The summed E-state index contributed by atoms with van der Waals surface area (Å²) in [6, 6.07) is 3.02. The van der Waals surface area contributed by atoms with E-state index < -0.39 is 17.7 Å². The quantitative estimate of drug-likeness (QED) is 0.833. The van der Waals surface area contributed by atoms with E-state index in [2.05, 4.69) is 10.6 Å². The molecule has 2 rings (SSSR count). The van der Waals surface area contributed by atoms with E-state index in [1.807, 2.05) is 20.8 Å². The third kappa shape index (κ3) is 5.71. The van der Waals surface area contributed by atoms with Gasteiger partial charge in [-0.2, -0.15) is 0 Å². The summed E-state index contributed by atoms with van der Waals surface area (Å²) in [4.78, 5) is 12.3. The van der Waals surface area contributed by atoms with Crippen molar-refractivity contribution in [3.63, 3.8) is 0 Å². The van der Waals surface area contributed by atoms with Gasteiger partial charge >= 0.3 is 0 Å². The maximum Gasteiger partial charge on any atom is 0.220 e. The monoisotopic (exact) mass is 360 g/mol. The first-order valence-electron chi connectivity index (χ1n) is 8.22. The van der Waals surface area contributed by atoms with Gasteiger partial charge in [-0.3, -0.25) is 4.79 Å². The van der Waals surface area contributed by atoms with Crippen LogP contribution in [0.1, 0.15) is 51.6 Å². The van der Waals surface area contributed by atoms with Crippen LogP contribution in [0.2, 0.25) is 0 Å². The summed E-state index contributed by atoms with van der Waals surface area (Å²) < 4.78 is 27.2. The SMILES string of the molecule is CC(C)(C)C(NC(=O)CCC1CCNC1)c1ccc(F)cc1F.Cl. The highest BCUT2D eigenvalue weighted by atomic mass is 35.5. The van der Waals surface area contributed by atoms with E-state index >= 15 is 0 Å². The molecule has 1 aliphatic heterocycles. The second-order valence-electron chi connectivity index (χ2n) is 7.43. The normalized spacial score (nSPS) is 18.8. The van der Waals surface area contributed by atoms with E-state index in [4.69, 9.17) is 0 Å². The van der Waals surface area contributed by atoms with Gasteiger partial charge in [0.25, 0.3) is 0 Å². The van der Waals surface area contributed by atoms with Crippen LogP contribution in [0.4, 0.5) is 8.78 Å². The van der Waals surface area contributed by atoms with E-state index in [1.165, 1.54) is 12.1 Å². The molecule has 0 aliphatic carbocycles. The number of nitrogens with one attached hydrogen (secondary N) is 2. The minimum absolute atomic E-state index is 0. The topological polar surface area (TPSA) is 41.1 Å². The predicted octanol–water partition coefficient (Wildman–Crippen LogP) is 3.98. The number of hydrogen-bond acceptors (Lipinski definition) is 2. The highest BCUT2D eigenvalue weighted by molar-refractivity contribution is 5.85. The van der Waals surface area contributed by atoms with E-state index in [-0.39, 0.29) is 23.7 Å². The highest BCUT2D eigenvalue weighted by Gasteiger charge is 2.30. The third-order valence-electron chi connectivity index (χ3n) is 4.39. The lowest BCUT2D eigenvalue weighted by Crippen LogP contribution is -2.37. The van der Waals surface area contributed by atoms with Crippen LogP contribution in [0.3, 0.4) is 0 Å². The van der Waals surface area contributed by atoms with Crippen LogP contribution in [0.25, 0.3) is 0 Å². The van der Waals surface area contributed by atoms with Gasteiger partial charge in [-0.1, -0.05) is 26.8 Å². The maximum absolute atomic E-state index is 14.1. The number of halogens is 3. The average Bonchev–Trinajstić information content (AvgIpc) is 2.95. The van der Waals surface area contributed by atoms with Gasteiger partial charge in [0.05, 0.1) is 6.04 Å². The fourth-order valence-corrected chi connectivity index (χ4v) is 3.03. The summed E-state index contributed by atoms with van der Waals surface area (Å²) in [6.07, 6.45) is 2.37. The molecule has 6 heteroatoms. The minimum Gasteiger partial charge on any atom is -0.349 e. The van der Waals surface area contributed by atoms with Crippen LogP contribution in [-0.4, -0.2) is 19.0 Å². The Balaban J connectivity index is 0.00000288. The third-order valence-corrected chi connectivity index (χ3v) is 4.39. The Kier molecular flexibility index (Phi) is 7.61. The van der Waals surface area contributed by atoms with Crippen LogP contribution < -0.4 is 10.6 Å². The van der Waals surface area contributed by atoms with Crippen molar-refractivity contribution in [2.24, 2.45) is 11.3 Å². The molecule has 1 fully saturated rings. The number of hydrogen-bond donors (Lipinski definition) is 2. The second kappa shape index (κ2) is 8.77. The zero-order valence-corrected chi connectivity index (χ0v) is 15.3. The van der Waals surface area contributed by atoms with Gasteiger partial charge in [0.15, 0.2) is 0 Å². The van der Waals surface area contributed by atoms with E-state index in [0.717, 1.165) is 32.0 Å². The zero-order valence-electron chi connectivity index (χ0n) is 14.5. The highest BCUT2D eigenvalue weighted by Crippen LogP contribution is 2.34. The first-order chi connectivity index (χ1) is 10.8. The van der Waals surface area contributed by atoms with Gasteiger partial charge < -0.3 is 10.6 Å². The molecule has 0 bridgehead atoms. The van der Waals surface area contributed by atoms with Gasteiger partial charge in [0.1, 0.15) is 11.6 Å². The minimum atomic E-state index is -0.620. The average molecular weight is 361 g/mol. The van der Waals surface area contributed by atoms with Crippen LogP contribution in [0, 0.1) is 23.0 Å².